The van der Waals surface area contributed by atoms with E-state index in [0.717, 1.165) is 12.1 Å². The third-order valence-electron chi connectivity index (χ3n) is 5.48. The summed E-state index contributed by atoms with van der Waals surface area (Å²) in [6.45, 7) is 1.57. The van der Waals surface area contributed by atoms with E-state index in [1.54, 1.807) is 43.3 Å². The zero-order valence-electron chi connectivity index (χ0n) is 20.3. The summed E-state index contributed by atoms with van der Waals surface area (Å²) in [7, 11) is -3.15. The smallest absolute Gasteiger partial charge is 0.870 e. The summed E-state index contributed by atoms with van der Waals surface area (Å²) in [6.07, 6.45) is 0. The molecule has 4 aromatic carbocycles. The van der Waals surface area contributed by atoms with Gasteiger partial charge in [-0.05, 0) is 48.2 Å². The average molecular weight is 582 g/mol. The van der Waals surface area contributed by atoms with Crippen LogP contribution in [0.1, 0.15) is 15.9 Å². The van der Waals surface area contributed by atoms with Crippen molar-refractivity contribution in [3.63, 3.8) is 0 Å². The third-order valence-corrected chi connectivity index (χ3v) is 6.94. The molecule has 190 valence electrons. The maximum atomic E-state index is 13.4. The number of halogens is 2. The number of carbonyl (C=O) groups excluding carboxylic acids is 1. The Hall–Kier alpha value is -2.70. The van der Waals surface area contributed by atoms with Gasteiger partial charge in [-0.2, -0.15) is 18.6 Å². The molecule has 0 saturated heterocycles. The number of nitrogens with one attached hydrogen (secondary N) is 1. The van der Waals surface area contributed by atoms with Crippen molar-refractivity contribution < 1.29 is 57.2 Å². The van der Waals surface area contributed by atoms with E-state index >= 15 is 0 Å². The molecule has 0 unspecified atom stereocenters. The first kappa shape index (κ1) is 29.9. The van der Waals surface area contributed by atoms with Crippen LogP contribution in [0.3, 0.4) is 0 Å². The Morgan fingerprint density at radius 1 is 1.05 bits per heavy atom. The van der Waals surface area contributed by atoms with Gasteiger partial charge in [0.05, 0.1) is 29.1 Å². The molecule has 0 fully saturated rings. The van der Waals surface area contributed by atoms with Crippen molar-refractivity contribution in [2.24, 2.45) is 10.2 Å². The van der Waals surface area contributed by atoms with Gasteiger partial charge < -0.3 is 15.2 Å². The van der Waals surface area contributed by atoms with Gasteiger partial charge >= 0.3 is 29.6 Å². The second kappa shape index (κ2) is 12.0. The number of rotatable bonds is 6. The molecule has 9 nitrogen and oxygen atoms in total. The van der Waals surface area contributed by atoms with Crippen LogP contribution in [0.15, 0.2) is 75.8 Å². The van der Waals surface area contributed by atoms with Crippen molar-refractivity contribution in [2.75, 3.05) is 12.4 Å². The molecule has 0 radical (unpaired) electrons. The number of hydrogen-bond acceptors (Lipinski definition) is 7. The van der Waals surface area contributed by atoms with Crippen LogP contribution in [-0.4, -0.2) is 26.0 Å². The molecule has 4 aromatic rings. The largest absolute Gasteiger partial charge is 1.00 e. The van der Waals surface area contributed by atoms with Gasteiger partial charge in [0.2, 0.25) is 0 Å². The van der Waals surface area contributed by atoms with Crippen LogP contribution in [0.25, 0.3) is 10.8 Å². The van der Waals surface area contributed by atoms with E-state index in [4.69, 9.17) is 27.9 Å². The average Bonchev–Trinajstić information content (AvgIpc) is 2.85. The number of ether oxygens (including phenoxy) is 1. The Balaban J connectivity index is 0.00000400. The summed E-state index contributed by atoms with van der Waals surface area (Å²) in [6, 6.07) is 15.0. The number of azo groups is 1. The van der Waals surface area contributed by atoms with Gasteiger partial charge in [-0.25, -0.2) is 0 Å². The SMILES string of the molecule is COc1cc(Cl)ccc1NC(=O)c1cc2ccccc2c(N=Nc2cc(S(=O)(=O)O)cc(Cl)c2C)c1[O-].[Na+]. The van der Waals surface area contributed by atoms with E-state index in [1.807, 2.05) is 0 Å². The molecule has 0 saturated carbocycles. The predicted octanol–water partition coefficient (Wildman–Crippen LogP) is 3.46. The van der Waals surface area contributed by atoms with E-state index in [9.17, 15) is 22.9 Å². The number of methoxy groups -OCH3 is 1. The molecule has 1 amide bonds. The van der Waals surface area contributed by atoms with Crippen molar-refractivity contribution >= 4 is 67.1 Å². The first-order valence-corrected chi connectivity index (χ1v) is 12.8. The third kappa shape index (κ3) is 6.29. The van der Waals surface area contributed by atoms with Crippen LogP contribution < -0.4 is 44.7 Å². The molecule has 0 bridgehead atoms. The summed E-state index contributed by atoms with van der Waals surface area (Å²) < 4.78 is 37.8. The molecule has 0 aromatic heterocycles. The molecule has 0 heterocycles. The molecule has 0 aliphatic heterocycles. The van der Waals surface area contributed by atoms with Gasteiger partial charge in [0.25, 0.3) is 16.0 Å². The van der Waals surface area contributed by atoms with Crippen LogP contribution >= 0.6 is 23.2 Å². The van der Waals surface area contributed by atoms with Gasteiger partial charge in [-0.1, -0.05) is 53.2 Å². The van der Waals surface area contributed by atoms with E-state index in [1.165, 1.54) is 19.2 Å². The minimum atomic E-state index is -4.57. The maximum absolute atomic E-state index is 13.4. The molecule has 0 atom stereocenters. The Morgan fingerprint density at radius 3 is 2.45 bits per heavy atom. The van der Waals surface area contributed by atoms with Crippen molar-refractivity contribution in [2.45, 2.75) is 11.8 Å². The van der Waals surface area contributed by atoms with E-state index in [2.05, 4.69) is 15.5 Å². The fourth-order valence-corrected chi connectivity index (χ4v) is 4.50. The summed E-state index contributed by atoms with van der Waals surface area (Å²) in [5.74, 6) is -1.11. The van der Waals surface area contributed by atoms with E-state index in [0.29, 0.717) is 32.8 Å². The van der Waals surface area contributed by atoms with Crippen LogP contribution in [0.2, 0.25) is 10.0 Å². The van der Waals surface area contributed by atoms with Crippen LogP contribution in [0.4, 0.5) is 17.1 Å². The monoisotopic (exact) mass is 581 g/mol. The maximum Gasteiger partial charge on any atom is 1.00 e. The zero-order chi connectivity index (χ0) is 26.9. The number of carbonyl (C=O) groups is 1. The summed E-state index contributed by atoms with van der Waals surface area (Å²) in [4.78, 5) is 12.7. The molecule has 0 aliphatic rings. The Bertz CT molecular complexity index is 1700. The summed E-state index contributed by atoms with van der Waals surface area (Å²) in [5, 5.41) is 25.6. The Labute approximate surface area is 250 Å². The van der Waals surface area contributed by atoms with E-state index in [-0.39, 0.29) is 51.5 Å². The fourth-order valence-electron chi connectivity index (χ4n) is 3.53. The Morgan fingerprint density at radius 2 is 1.76 bits per heavy atom. The minimum absolute atomic E-state index is 0. The molecule has 0 aliphatic carbocycles. The Kier molecular flexibility index (Phi) is 9.43. The van der Waals surface area contributed by atoms with Gasteiger partial charge in [0.15, 0.2) is 0 Å². The van der Waals surface area contributed by atoms with Gasteiger partial charge in [0, 0.05) is 27.1 Å². The molecule has 4 rings (SSSR count). The van der Waals surface area contributed by atoms with Gasteiger partial charge in [0.1, 0.15) is 5.75 Å². The zero-order valence-corrected chi connectivity index (χ0v) is 24.6. The van der Waals surface area contributed by atoms with Crippen LogP contribution in [0, 0.1) is 6.92 Å². The molecule has 0 spiro atoms. The normalized spacial score (nSPS) is 11.4. The van der Waals surface area contributed by atoms with E-state index < -0.39 is 26.7 Å². The molecule has 2 N–H and O–H groups in total. The molecule has 38 heavy (non-hydrogen) atoms. The number of fused-ring (bicyclic) bond motifs is 1. The second-order valence-corrected chi connectivity index (χ2v) is 10.1. The number of anilines is 1. The fraction of sp³-hybridized carbons (Fsp3) is 0.0800. The van der Waals surface area contributed by atoms with Crippen LogP contribution in [-0.2, 0) is 10.1 Å². The van der Waals surface area contributed by atoms with Gasteiger partial charge in [-0.3, -0.25) is 9.35 Å². The molecular formula is C25H18Cl2N3NaO6S. The number of nitrogens with zero attached hydrogens (tertiary/aromatic N) is 2. The van der Waals surface area contributed by atoms with Crippen molar-refractivity contribution in [1.29, 1.82) is 0 Å². The van der Waals surface area contributed by atoms with Gasteiger partial charge in [-0.15, -0.1) is 0 Å². The summed E-state index contributed by atoms with van der Waals surface area (Å²) in [5.41, 5.74) is 0.354. The molecular weight excluding hydrogens is 564 g/mol. The van der Waals surface area contributed by atoms with Crippen molar-refractivity contribution in [3.8, 4) is 11.5 Å². The predicted molar refractivity (Wildman–Crippen MR) is 140 cm³/mol. The van der Waals surface area contributed by atoms with Crippen LogP contribution in [0.5, 0.6) is 11.5 Å². The quantitative estimate of drug-likeness (QED) is 0.203. The molecule has 13 heteroatoms. The minimum Gasteiger partial charge on any atom is -0.870 e. The van der Waals surface area contributed by atoms with Crippen molar-refractivity contribution in [3.05, 3.63) is 81.8 Å². The number of hydrogen-bond donors (Lipinski definition) is 2. The summed E-state index contributed by atoms with van der Waals surface area (Å²) >= 11 is 12.1. The first-order valence-electron chi connectivity index (χ1n) is 10.6. The first-order chi connectivity index (χ1) is 17.5. The topological polar surface area (TPSA) is 140 Å². The second-order valence-electron chi connectivity index (χ2n) is 7.85. The standard InChI is InChI=1S/C25H19Cl2N3O6S.Na/c1-13-19(27)11-16(37(33,34)35)12-21(13)29-30-23-17-6-4-3-5-14(17)9-18(24(23)31)25(32)28-20-8-7-15(26)10-22(20)36-2;/h3-12,31H,1-2H3,(H,28,32)(H,33,34,35);/q;+1/p-1. The number of amides is 1. The number of benzene rings is 4. The van der Waals surface area contributed by atoms with Crippen molar-refractivity contribution in [1.82, 2.24) is 0 Å².